The lowest BCUT2D eigenvalue weighted by atomic mass is 9.88. The average molecular weight is 592 g/mol. The maximum absolute atomic E-state index is 14.7. The highest BCUT2D eigenvalue weighted by atomic mass is 35.5. The molecule has 2 atom stereocenters. The predicted molar refractivity (Wildman–Crippen MR) is 155 cm³/mol. The topological polar surface area (TPSA) is 86.0 Å². The van der Waals surface area contributed by atoms with Crippen molar-refractivity contribution in [3.63, 3.8) is 0 Å². The van der Waals surface area contributed by atoms with E-state index in [0.717, 1.165) is 61.4 Å². The fraction of sp³-hybridized carbons (Fsp3) is 0.375. The molecule has 8 nitrogen and oxygen atoms in total. The standard InChI is InChI=1S/C32H31ClFN3O5/c33-21-5-6-24(25(34)15-21)29-18-41-28-3-1-2-23(31(28)42-29)19-8-11-36(12-9-19)17-30-35-26-7-4-20(32(38)39)14-27(26)37(30)16-22-10-13-40-22/h1-7,14-15,19,22,29H,8-13,16-18H2,(H,38,39). The van der Waals surface area contributed by atoms with E-state index < -0.39 is 17.9 Å². The van der Waals surface area contributed by atoms with E-state index in [1.54, 1.807) is 30.3 Å². The van der Waals surface area contributed by atoms with Crippen LogP contribution in [0.25, 0.3) is 11.0 Å². The van der Waals surface area contributed by atoms with Crippen molar-refractivity contribution in [2.75, 3.05) is 26.3 Å². The Balaban J connectivity index is 1.07. The Morgan fingerprint density at radius 2 is 1.90 bits per heavy atom. The lowest BCUT2D eigenvalue weighted by Crippen LogP contribution is -2.35. The summed E-state index contributed by atoms with van der Waals surface area (Å²) in [5.41, 5.74) is 3.39. The summed E-state index contributed by atoms with van der Waals surface area (Å²) in [5.74, 6) is 1.22. The van der Waals surface area contributed by atoms with Crippen LogP contribution in [0.2, 0.25) is 5.02 Å². The zero-order chi connectivity index (χ0) is 28.8. The summed E-state index contributed by atoms with van der Waals surface area (Å²) in [6.07, 6.45) is 2.41. The minimum atomic E-state index is -0.949. The van der Waals surface area contributed by atoms with Gasteiger partial charge in [-0.15, -0.1) is 0 Å². The normalized spacial score (nSPS) is 20.9. The Morgan fingerprint density at radius 1 is 1.07 bits per heavy atom. The lowest BCUT2D eigenvalue weighted by Gasteiger charge is -2.35. The minimum Gasteiger partial charge on any atom is -0.485 e. The van der Waals surface area contributed by atoms with E-state index in [9.17, 15) is 14.3 Å². The summed E-state index contributed by atoms with van der Waals surface area (Å²) in [6.45, 7) is 4.05. The van der Waals surface area contributed by atoms with E-state index in [2.05, 4.69) is 15.5 Å². The number of imidazole rings is 1. The third kappa shape index (κ3) is 5.21. The summed E-state index contributed by atoms with van der Waals surface area (Å²) >= 11 is 5.96. The molecule has 42 heavy (non-hydrogen) atoms. The molecule has 0 amide bonds. The van der Waals surface area contributed by atoms with Crippen LogP contribution < -0.4 is 9.47 Å². The number of halogens is 2. The van der Waals surface area contributed by atoms with Crippen LogP contribution >= 0.6 is 11.6 Å². The molecule has 3 aliphatic rings. The van der Waals surface area contributed by atoms with Crippen LogP contribution in [0.4, 0.5) is 4.39 Å². The van der Waals surface area contributed by atoms with Gasteiger partial charge in [0.25, 0.3) is 0 Å². The van der Waals surface area contributed by atoms with Crippen molar-refractivity contribution in [2.24, 2.45) is 0 Å². The van der Waals surface area contributed by atoms with Crippen molar-refractivity contribution in [3.05, 3.63) is 88.0 Å². The zero-order valence-corrected chi connectivity index (χ0v) is 23.7. The first kappa shape index (κ1) is 27.2. The number of para-hydroxylation sites is 1. The molecule has 3 aromatic carbocycles. The van der Waals surface area contributed by atoms with E-state index in [1.807, 2.05) is 12.1 Å². The fourth-order valence-corrected chi connectivity index (χ4v) is 6.37. The highest BCUT2D eigenvalue weighted by molar-refractivity contribution is 6.30. The SMILES string of the molecule is O=C(O)c1ccc2nc(CN3CCC(c4cccc5c4OC(c4ccc(Cl)cc4F)CO5)CC3)n(CC3CCO3)c2c1. The number of aromatic nitrogens is 2. The summed E-state index contributed by atoms with van der Waals surface area (Å²) in [7, 11) is 0. The molecule has 2 saturated heterocycles. The van der Waals surface area contributed by atoms with Gasteiger partial charge in [0.2, 0.25) is 0 Å². The zero-order valence-electron chi connectivity index (χ0n) is 23.0. The van der Waals surface area contributed by atoms with Crippen molar-refractivity contribution in [3.8, 4) is 11.5 Å². The van der Waals surface area contributed by atoms with Crippen LogP contribution in [-0.4, -0.2) is 57.9 Å². The van der Waals surface area contributed by atoms with Crippen LogP contribution in [-0.2, 0) is 17.8 Å². The van der Waals surface area contributed by atoms with Crippen LogP contribution in [0.15, 0.2) is 54.6 Å². The number of carboxylic acids is 1. The molecule has 4 heterocycles. The number of benzene rings is 3. The molecule has 218 valence electrons. The van der Waals surface area contributed by atoms with Gasteiger partial charge in [-0.3, -0.25) is 4.90 Å². The summed E-state index contributed by atoms with van der Waals surface area (Å²) < 4.78 is 34.9. The monoisotopic (exact) mass is 591 g/mol. The second-order valence-electron chi connectivity index (χ2n) is 11.2. The van der Waals surface area contributed by atoms with Gasteiger partial charge < -0.3 is 23.9 Å². The quantitative estimate of drug-likeness (QED) is 0.273. The summed E-state index contributed by atoms with van der Waals surface area (Å²) in [5, 5.41) is 9.87. The Labute approximate surface area is 247 Å². The third-order valence-electron chi connectivity index (χ3n) is 8.62. The number of carbonyl (C=O) groups is 1. The van der Waals surface area contributed by atoms with E-state index in [1.165, 1.54) is 6.07 Å². The van der Waals surface area contributed by atoms with Crippen molar-refractivity contribution in [2.45, 2.75) is 50.5 Å². The highest BCUT2D eigenvalue weighted by Gasteiger charge is 2.31. The van der Waals surface area contributed by atoms with Gasteiger partial charge in [0.1, 0.15) is 18.2 Å². The Kier molecular flexibility index (Phi) is 7.25. The lowest BCUT2D eigenvalue weighted by molar-refractivity contribution is -0.0592. The summed E-state index contributed by atoms with van der Waals surface area (Å²) in [6, 6.07) is 15.7. The van der Waals surface area contributed by atoms with Gasteiger partial charge in [0, 0.05) is 22.8 Å². The van der Waals surface area contributed by atoms with Crippen LogP contribution in [0.5, 0.6) is 11.5 Å². The average Bonchev–Trinajstić information content (AvgIpc) is 3.30. The molecule has 4 aromatic rings. The van der Waals surface area contributed by atoms with Gasteiger partial charge in [-0.25, -0.2) is 14.2 Å². The molecule has 7 rings (SSSR count). The molecule has 1 aromatic heterocycles. The maximum Gasteiger partial charge on any atom is 0.335 e. The van der Waals surface area contributed by atoms with Crippen molar-refractivity contribution in [1.29, 1.82) is 0 Å². The first-order valence-corrected chi connectivity index (χ1v) is 14.7. The number of nitrogens with zero attached hydrogens (tertiary/aromatic N) is 3. The van der Waals surface area contributed by atoms with Crippen LogP contribution in [0, 0.1) is 5.82 Å². The fourth-order valence-electron chi connectivity index (χ4n) is 6.22. The molecule has 2 unspecified atom stereocenters. The van der Waals surface area contributed by atoms with Gasteiger partial charge in [0.05, 0.1) is 35.8 Å². The molecular formula is C32H31ClFN3O5. The third-order valence-corrected chi connectivity index (χ3v) is 8.85. The minimum absolute atomic E-state index is 0.122. The second-order valence-corrected chi connectivity index (χ2v) is 11.7. The van der Waals surface area contributed by atoms with Crippen molar-refractivity contribution >= 4 is 28.6 Å². The van der Waals surface area contributed by atoms with E-state index in [-0.39, 0.29) is 24.2 Å². The summed E-state index contributed by atoms with van der Waals surface area (Å²) in [4.78, 5) is 18.9. The van der Waals surface area contributed by atoms with E-state index >= 15 is 0 Å². The molecule has 10 heteroatoms. The molecular weight excluding hydrogens is 561 g/mol. The van der Waals surface area contributed by atoms with Crippen LogP contribution in [0.1, 0.15) is 58.6 Å². The molecule has 0 saturated carbocycles. The van der Waals surface area contributed by atoms with E-state index in [4.69, 9.17) is 30.8 Å². The van der Waals surface area contributed by atoms with Gasteiger partial charge in [-0.1, -0.05) is 29.8 Å². The Morgan fingerprint density at radius 3 is 2.64 bits per heavy atom. The number of rotatable bonds is 7. The largest absolute Gasteiger partial charge is 0.485 e. The number of hydrogen-bond donors (Lipinski definition) is 1. The molecule has 1 N–H and O–H groups in total. The number of hydrogen-bond acceptors (Lipinski definition) is 6. The molecule has 0 radical (unpaired) electrons. The molecule has 2 fully saturated rings. The first-order valence-electron chi connectivity index (χ1n) is 14.4. The number of ether oxygens (including phenoxy) is 3. The Hall–Kier alpha value is -3.66. The highest BCUT2D eigenvalue weighted by Crippen LogP contribution is 2.45. The van der Waals surface area contributed by atoms with Gasteiger partial charge in [0.15, 0.2) is 17.6 Å². The maximum atomic E-state index is 14.7. The number of fused-ring (bicyclic) bond motifs is 2. The number of aromatic carboxylic acids is 1. The number of likely N-dealkylation sites (tertiary alicyclic amines) is 1. The molecule has 0 bridgehead atoms. The predicted octanol–water partition coefficient (Wildman–Crippen LogP) is 6.21. The molecule has 3 aliphatic heterocycles. The first-order chi connectivity index (χ1) is 20.4. The molecule has 0 spiro atoms. The second kappa shape index (κ2) is 11.2. The Bertz CT molecular complexity index is 1650. The smallest absolute Gasteiger partial charge is 0.335 e. The van der Waals surface area contributed by atoms with Gasteiger partial charge in [-0.05, 0) is 74.7 Å². The molecule has 0 aliphatic carbocycles. The van der Waals surface area contributed by atoms with Crippen LogP contribution in [0.3, 0.4) is 0 Å². The van der Waals surface area contributed by atoms with Gasteiger partial charge in [-0.2, -0.15) is 0 Å². The van der Waals surface area contributed by atoms with E-state index in [0.29, 0.717) is 35.2 Å². The van der Waals surface area contributed by atoms with Gasteiger partial charge >= 0.3 is 5.97 Å². The number of carboxylic acid groups (broad SMARTS) is 1. The van der Waals surface area contributed by atoms with Crippen molar-refractivity contribution < 1.29 is 28.5 Å². The number of piperidine rings is 1. The van der Waals surface area contributed by atoms with Crippen molar-refractivity contribution in [1.82, 2.24) is 14.5 Å².